The van der Waals surface area contributed by atoms with E-state index < -0.39 is 0 Å². The van der Waals surface area contributed by atoms with Crippen molar-refractivity contribution in [2.45, 2.75) is 31.7 Å². The number of nitrogens with one attached hydrogen (secondary N) is 3. The molecule has 0 bridgehead atoms. The van der Waals surface area contributed by atoms with Gasteiger partial charge in [-0.05, 0) is 38.0 Å². The third-order valence-electron chi connectivity index (χ3n) is 4.45. The van der Waals surface area contributed by atoms with E-state index in [1.54, 1.807) is 6.07 Å². The van der Waals surface area contributed by atoms with Gasteiger partial charge in [-0.15, -0.1) is 0 Å². The maximum Gasteiger partial charge on any atom is 0.251 e. The molecule has 122 valence electrons. The lowest BCUT2D eigenvalue weighted by atomic mass is 9.78. The average Bonchev–Trinajstić information content (AvgIpc) is 2.89. The summed E-state index contributed by atoms with van der Waals surface area (Å²) in [5, 5.41) is 3.03. The topological polar surface area (TPSA) is 104 Å². The minimum Gasteiger partial charge on any atom is -0.349 e. The molecule has 0 aliphatic heterocycles. The number of amides is 1. The number of carbonyl (C=O) groups excluding carboxylic acids is 1. The summed E-state index contributed by atoms with van der Waals surface area (Å²) in [7, 11) is 0. The molecule has 1 fully saturated rings. The molecular formula is C17H17N5O2. The van der Waals surface area contributed by atoms with Crippen LogP contribution in [0.3, 0.4) is 0 Å². The summed E-state index contributed by atoms with van der Waals surface area (Å²) in [6.07, 6.45) is 3.02. The van der Waals surface area contributed by atoms with Crippen molar-refractivity contribution in [1.29, 1.82) is 0 Å². The Bertz CT molecular complexity index is 968. The van der Waals surface area contributed by atoms with Crippen molar-refractivity contribution in [2.75, 3.05) is 0 Å². The second kappa shape index (κ2) is 5.59. The van der Waals surface area contributed by atoms with Crippen molar-refractivity contribution >= 4 is 16.9 Å². The number of hydrogen-bond acceptors (Lipinski definition) is 4. The molecule has 1 aromatic carbocycles. The first-order chi connectivity index (χ1) is 11.6. The van der Waals surface area contributed by atoms with Crippen LogP contribution in [0.1, 0.15) is 40.6 Å². The van der Waals surface area contributed by atoms with Crippen molar-refractivity contribution in [2.24, 2.45) is 0 Å². The number of nitrogens with zero attached hydrogens (tertiary/aromatic N) is 2. The lowest BCUT2D eigenvalue weighted by Gasteiger charge is -2.35. The molecule has 0 atom stereocenters. The van der Waals surface area contributed by atoms with Crippen LogP contribution in [-0.2, 0) is 0 Å². The number of fused-ring (bicyclic) bond motifs is 1. The largest absolute Gasteiger partial charge is 0.349 e. The molecule has 0 saturated heterocycles. The lowest BCUT2D eigenvalue weighted by Crippen LogP contribution is -2.43. The van der Waals surface area contributed by atoms with Gasteiger partial charge in [-0.25, -0.2) is 9.97 Å². The summed E-state index contributed by atoms with van der Waals surface area (Å²) in [5.41, 5.74) is 2.98. The predicted molar refractivity (Wildman–Crippen MR) is 88.9 cm³/mol. The second-order valence-electron chi connectivity index (χ2n) is 6.23. The fraction of sp³-hybridized carbons (Fsp3) is 0.294. The number of hydrogen-bond donors (Lipinski definition) is 3. The van der Waals surface area contributed by atoms with Gasteiger partial charge in [0, 0.05) is 23.6 Å². The van der Waals surface area contributed by atoms with Crippen LogP contribution >= 0.6 is 0 Å². The number of H-pyrrole nitrogens is 2. The highest BCUT2D eigenvalue weighted by molar-refractivity contribution is 5.97. The third kappa shape index (κ3) is 2.68. The highest BCUT2D eigenvalue weighted by Crippen LogP contribution is 2.35. The second-order valence-corrected chi connectivity index (χ2v) is 6.23. The molecule has 0 radical (unpaired) electrons. The summed E-state index contributed by atoms with van der Waals surface area (Å²) in [4.78, 5) is 37.9. The molecule has 2 heterocycles. The van der Waals surface area contributed by atoms with Gasteiger partial charge in [0.05, 0.1) is 23.1 Å². The quantitative estimate of drug-likeness (QED) is 0.681. The molecular weight excluding hydrogens is 306 g/mol. The van der Waals surface area contributed by atoms with Crippen molar-refractivity contribution in [3.8, 4) is 0 Å². The summed E-state index contributed by atoms with van der Waals surface area (Å²) in [6, 6.07) is 7.09. The van der Waals surface area contributed by atoms with Crippen LogP contribution < -0.4 is 10.9 Å². The molecule has 1 saturated carbocycles. The van der Waals surface area contributed by atoms with E-state index >= 15 is 0 Å². The minimum absolute atomic E-state index is 0.0912. The Hall–Kier alpha value is -2.96. The Balaban J connectivity index is 1.40. The Labute approximate surface area is 137 Å². The minimum atomic E-state index is -0.143. The first kappa shape index (κ1) is 14.6. The van der Waals surface area contributed by atoms with E-state index in [1.807, 2.05) is 19.1 Å². The van der Waals surface area contributed by atoms with Gasteiger partial charge >= 0.3 is 0 Å². The molecule has 7 heteroatoms. The van der Waals surface area contributed by atoms with Gasteiger partial charge in [-0.3, -0.25) is 9.59 Å². The van der Waals surface area contributed by atoms with Crippen LogP contribution in [0.15, 0.2) is 35.4 Å². The molecule has 24 heavy (non-hydrogen) atoms. The molecule has 4 rings (SSSR count). The van der Waals surface area contributed by atoms with Crippen LogP contribution in [0, 0.1) is 6.92 Å². The fourth-order valence-corrected chi connectivity index (χ4v) is 3.13. The molecule has 1 aliphatic rings. The smallest absolute Gasteiger partial charge is 0.251 e. The van der Waals surface area contributed by atoms with E-state index in [0.29, 0.717) is 5.56 Å². The molecule has 7 nitrogen and oxygen atoms in total. The summed E-state index contributed by atoms with van der Waals surface area (Å²) in [6.45, 7) is 1.89. The normalized spacial score (nSPS) is 19.9. The number of imidazole rings is 1. The van der Waals surface area contributed by atoms with Gasteiger partial charge in [0.1, 0.15) is 5.82 Å². The monoisotopic (exact) mass is 323 g/mol. The number of carbonyl (C=O) groups is 1. The predicted octanol–water partition coefficient (Wildman–Crippen LogP) is 1.63. The maximum atomic E-state index is 12.4. The summed E-state index contributed by atoms with van der Waals surface area (Å²) >= 11 is 0. The Morgan fingerprint density at radius 3 is 2.92 bits per heavy atom. The van der Waals surface area contributed by atoms with Gasteiger partial charge < -0.3 is 15.3 Å². The van der Waals surface area contributed by atoms with Crippen molar-refractivity contribution in [3.63, 3.8) is 0 Å². The van der Waals surface area contributed by atoms with Crippen molar-refractivity contribution < 1.29 is 4.79 Å². The number of aromatic amines is 2. The van der Waals surface area contributed by atoms with Gasteiger partial charge in [-0.1, -0.05) is 0 Å². The van der Waals surface area contributed by atoms with E-state index in [1.165, 1.54) is 12.4 Å². The van der Waals surface area contributed by atoms with Gasteiger partial charge in [0.25, 0.3) is 11.5 Å². The first-order valence-electron chi connectivity index (χ1n) is 7.90. The van der Waals surface area contributed by atoms with Crippen molar-refractivity contribution in [1.82, 2.24) is 25.3 Å². The zero-order chi connectivity index (χ0) is 16.7. The standard InChI is InChI=1S/C17H17N5O2/c1-9-20-13-3-2-10(6-15(13)21-9)17(24)22-12-4-11(5-12)14-7-16(23)19-8-18-14/h2-3,6-8,11-12H,4-5H2,1H3,(H,20,21)(H,22,24)(H,18,19,23). The Kier molecular flexibility index (Phi) is 3.41. The van der Waals surface area contributed by atoms with E-state index in [2.05, 4.69) is 25.3 Å². The highest BCUT2D eigenvalue weighted by Gasteiger charge is 2.32. The van der Waals surface area contributed by atoms with Crippen LogP contribution in [-0.4, -0.2) is 31.9 Å². The first-order valence-corrected chi connectivity index (χ1v) is 7.90. The Morgan fingerprint density at radius 1 is 1.29 bits per heavy atom. The highest BCUT2D eigenvalue weighted by atomic mass is 16.1. The zero-order valence-corrected chi connectivity index (χ0v) is 13.2. The lowest BCUT2D eigenvalue weighted by molar-refractivity contribution is 0.0908. The molecule has 3 aromatic rings. The Morgan fingerprint density at radius 2 is 2.12 bits per heavy atom. The van der Waals surface area contributed by atoms with E-state index in [0.717, 1.165) is 35.4 Å². The summed E-state index contributed by atoms with van der Waals surface area (Å²) in [5.74, 6) is 0.969. The maximum absolute atomic E-state index is 12.4. The number of rotatable bonds is 3. The number of benzene rings is 1. The number of aryl methyl sites for hydroxylation is 1. The molecule has 1 amide bonds. The molecule has 0 spiro atoms. The van der Waals surface area contributed by atoms with Crippen LogP contribution in [0.2, 0.25) is 0 Å². The van der Waals surface area contributed by atoms with E-state index in [4.69, 9.17) is 0 Å². The number of aromatic nitrogens is 4. The molecule has 0 unspecified atom stereocenters. The molecule has 1 aliphatic carbocycles. The SMILES string of the molecule is Cc1nc2ccc(C(=O)NC3CC(c4cc(=O)[nH]cn4)C3)cc2[nH]1. The van der Waals surface area contributed by atoms with Crippen LogP contribution in [0.25, 0.3) is 11.0 Å². The fourth-order valence-electron chi connectivity index (χ4n) is 3.13. The average molecular weight is 323 g/mol. The molecule has 2 aromatic heterocycles. The third-order valence-corrected chi connectivity index (χ3v) is 4.45. The molecule has 3 N–H and O–H groups in total. The van der Waals surface area contributed by atoms with Crippen molar-refractivity contribution in [3.05, 3.63) is 58.0 Å². The van der Waals surface area contributed by atoms with Gasteiger partial charge in [-0.2, -0.15) is 0 Å². The zero-order valence-electron chi connectivity index (χ0n) is 13.2. The summed E-state index contributed by atoms with van der Waals surface area (Å²) < 4.78 is 0. The van der Waals surface area contributed by atoms with E-state index in [9.17, 15) is 9.59 Å². The van der Waals surface area contributed by atoms with E-state index in [-0.39, 0.29) is 23.4 Å². The van der Waals surface area contributed by atoms with Gasteiger partial charge in [0.2, 0.25) is 0 Å². The van der Waals surface area contributed by atoms with Gasteiger partial charge in [0.15, 0.2) is 0 Å². The van der Waals surface area contributed by atoms with Crippen LogP contribution in [0.4, 0.5) is 0 Å². The van der Waals surface area contributed by atoms with Crippen LogP contribution in [0.5, 0.6) is 0 Å².